The fraction of sp³-hybridized carbons (Fsp3) is 0.714. The Morgan fingerprint density at radius 3 is 2.57 bits per heavy atom. The van der Waals surface area contributed by atoms with Crippen LogP contribution in [-0.4, -0.2) is 21.9 Å². The van der Waals surface area contributed by atoms with Crippen LogP contribution in [0.15, 0.2) is 47.6 Å². The van der Waals surface area contributed by atoms with E-state index in [0.717, 1.165) is 19.3 Å². The number of aliphatic hydroxyl groups is 2. The Bertz CT molecular complexity index is 723. The third kappa shape index (κ3) is 4.86. The van der Waals surface area contributed by atoms with Crippen LogP contribution >= 0.6 is 0 Å². The molecule has 168 valence electrons. The van der Waals surface area contributed by atoms with Gasteiger partial charge in [0.25, 0.3) is 0 Å². The van der Waals surface area contributed by atoms with Crippen molar-refractivity contribution < 1.29 is 10.2 Å². The van der Waals surface area contributed by atoms with Crippen LogP contribution in [0.3, 0.4) is 0 Å². The molecule has 2 nitrogen and oxygen atoms in total. The summed E-state index contributed by atoms with van der Waals surface area (Å²) < 4.78 is 0. The highest BCUT2D eigenvalue weighted by atomic mass is 16.3. The van der Waals surface area contributed by atoms with Crippen LogP contribution in [0.5, 0.6) is 0 Å². The molecule has 2 N–H and O–H groups in total. The van der Waals surface area contributed by atoms with Gasteiger partial charge in [0, 0.05) is 0 Å². The van der Waals surface area contributed by atoms with E-state index < -0.39 is 5.60 Å². The topological polar surface area (TPSA) is 40.5 Å². The lowest BCUT2D eigenvalue weighted by molar-refractivity contribution is 0.0607. The second-order valence-corrected chi connectivity index (χ2v) is 11.1. The van der Waals surface area contributed by atoms with E-state index in [1.165, 1.54) is 43.3 Å². The second kappa shape index (κ2) is 9.17. The number of hydrogen-bond acceptors (Lipinski definition) is 2. The Labute approximate surface area is 184 Å². The third-order valence-corrected chi connectivity index (χ3v) is 8.77. The predicted molar refractivity (Wildman–Crippen MR) is 127 cm³/mol. The highest BCUT2D eigenvalue weighted by Gasteiger charge is 2.50. The largest absolute Gasteiger partial charge is 0.393 e. The van der Waals surface area contributed by atoms with Gasteiger partial charge in [-0.15, -0.1) is 0 Å². The van der Waals surface area contributed by atoms with E-state index in [2.05, 4.69) is 52.5 Å². The van der Waals surface area contributed by atoms with Crippen LogP contribution in [0.25, 0.3) is 0 Å². The molecule has 30 heavy (non-hydrogen) atoms. The van der Waals surface area contributed by atoms with Gasteiger partial charge >= 0.3 is 0 Å². The van der Waals surface area contributed by atoms with Crippen molar-refractivity contribution in [2.45, 2.75) is 97.7 Å². The molecule has 0 unspecified atom stereocenters. The van der Waals surface area contributed by atoms with E-state index in [0.29, 0.717) is 23.2 Å². The van der Waals surface area contributed by atoms with Gasteiger partial charge in [0.2, 0.25) is 0 Å². The van der Waals surface area contributed by atoms with E-state index in [-0.39, 0.29) is 12.0 Å². The van der Waals surface area contributed by atoms with Gasteiger partial charge in [-0.25, -0.2) is 0 Å². The number of fused-ring (bicyclic) bond motifs is 1. The average Bonchev–Trinajstić information content (AvgIpc) is 3.04. The Morgan fingerprint density at radius 2 is 1.87 bits per heavy atom. The first-order valence-corrected chi connectivity index (χ1v) is 12.2. The molecule has 0 bridgehead atoms. The maximum atomic E-state index is 10.6. The van der Waals surface area contributed by atoms with Gasteiger partial charge in [0.15, 0.2) is 0 Å². The molecule has 0 spiro atoms. The van der Waals surface area contributed by atoms with Crippen molar-refractivity contribution in [2.75, 3.05) is 0 Å². The van der Waals surface area contributed by atoms with E-state index >= 15 is 0 Å². The highest BCUT2D eigenvalue weighted by molar-refractivity contribution is 5.36. The number of hydrogen-bond donors (Lipinski definition) is 2. The molecule has 0 aromatic rings. The van der Waals surface area contributed by atoms with Crippen LogP contribution in [-0.2, 0) is 0 Å². The Morgan fingerprint density at radius 1 is 1.13 bits per heavy atom. The Hall–Kier alpha value is -1.12. The molecule has 0 amide bonds. The zero-order chi connectivity index (χ0) is 22.1. The Kier molecular flexibility index (Phi) is 7.19. The molecule has 3 rings (SSSR count). The molecule has 0 aromatic carbocycles. The van der Waals surface area contributed by atoms with Gasteiger partial charge in [-0.1, -0.05) is 69.7 Å². The third-order valence-electron chi connectivity index (χ3n) is 8.77. The highest BCUT2D eigenvalue weighted by Crippen LogP contribution is 2.59. The molecule has 2 heteroatoms. The fourth-order valence-electron chi connectivity index (χ4n) is 6.21. The first-order valence-electron chi connectivity index (χ1n) is 12.2. The summed E-state index contributed by atoms with van der Waals surface area (Å²) >= 11 is 0. The minimum absolute atomic E-state index is 0.205. The van der Waals surface area contributed by atoms with E-state index in [4.69, 9.17) is 0 Å². The van der Waals surface area contributed by atoms with Crippen molar-refractivity contribution in [2.24, 2.45) is 29.1 Å². The van der Waals surface area contributed by atoms with Crippen LogP contribution in [0, 0.1) is 29.1 Å². The van der Waals surface area contributed by atoms with Gasteiger partial charge in [0.1, 0.15) is 0 Å². The molecular weight excluding hydrogens is 368 g/mol. The smallest absolute Gasteiger partial charge is 0.0822 e. The molecule has 3 aliphatic rings. The van der Waals surface area contributed by atoms with Crippen LogP contribution in [0.4, 0.5) is 0 Å². The summed E-state index contributed by atoms with van der Waals surface area (Å²) in [5.41, 5.74) is 3.67. The van der Waals surface area contributed by atoms with Crippen molar-refractivity contribution in [1.29, 1.82) is 0 Å². The minimum Gasteiger partial charge on any atom is -0.393 e. The van der Waals surface area contributed by atoms with E-state index in [9.17, 15) is 10.2 Å². The zero-order valence-electron chi connectivity index (χ0n) is 20.0. The quantitative estimate of drug-likeness (QED) is 0.490. The molecule has 0 radical (unpaired) electrons. The molecule has 0 saturated heterocycles. The zero-order valence-corrected chi connectivity index (χ0v) is 20.0. The van der Waals surface area contributed by atoms with Crippen molar-refractivity contribution >= 4 is 0 Å². The van der Waals surface area contributed by atoms with Gasteiger partial charge in [-0.2, -0.15) is 0 Å². The fourth-order valence-corrected chi connectivity index (χ4v) is 6.21. The molecule has 6 atom stereocenters. The van der Waals surface area contributed by atoms with E-state index in [1.54, 1.807) is 5.57 Å². The maximum absolute atomic E-state index is 10.6. The normalized spacial score (nSPS) is 38.4. The van der Waals surface area contributed by atoms with Gasteiger partial charge < -0.3 is 10.2 Å². The SMILES string of the molecule is C=C1CC[C@H](O)C/C1=C/C=C1\CCC[C@]2(C)[C@@H]([C@H](C)/C=C/[C@@](C)(O)C(C)C)CC[C@@H]12. The predicted octanol–water partition coefficient (Wildman–Crippen LogP) is 6.76. The van der Waals surface area contributed by atoms with Crippen molar-refractivity contribution in [3.05, 3.63) is 47.6 Å². The molecule has 0 aliphatic heterocycles. The van der Waals surface area contributed by atoms with Crippen LogP contribution in [0.2, 0.25) is 0 Å². The van der Waals surface area contributed by atoms with Gasteiger partial charge in [-0.05, 0) is 93.0 Å². The van der Waals surface area contributed by atoms with Crippen LogP contribution < -0.4 is 0 Å². The standard InChI is InChI=1S/C28H44O2/c1-19(2)28(6,30)17-15-21(4)25-13-14-26-22(8-7-16-27(25,26)5)10-11-23-18-24(29)12-9-20(23)3/h10-11,15,17,19,21,24-26,29-30H,3,7-9,12-14,16,18H2,1-2,4-6H3/b17-15+,22-10+,23-11-/t21-,24+,25-,26+,27-,28-/m1/s1. The average molecular weight is 413 g/mol. The monoisotopic (exact) mass is 412 g/mol. The summed E-state index contributed by atoms with van der Waals surface area (Å²) in [5, 5.41) is 20.7. The number of aliphatic hydroxyl groups excluding tert-OH is 1. The second-order valence-electron chi connectivity index (χ2n) is 11.1. The Balaban J connectivity index is 1.76. The minimum atomic E-state index is -0.732. The number of allylic oxidation sites excluding steroid dienone is 5. The first-order chi connectivity index (χ1) is 14.0. The van der Waals surface area contributed by atoms with E-state index in [1.807, 2.05) is 13.0 Å². The summed E-state index contributed by atoms with van der Waals surface area (Å²) in [5.74, 6) is 2.04. The maximum Gasteiger partial charge on any atom is 0.0822 e. The summed E-state index contributed by atoms with van der Waals surface area (Å²) in [7, 11) is 0. The first kappa shape index (κ1) is 23.5. The molecule has 0 heterocycles. The van der Waals surface area contributed by atoms with Gasteiger partial charge in [-0.3, -0.25) is 0 Å². The van der Waals surface area contributed by atoms with Crippen LogP contribution in [0.1, 0.15) is 86.0 Å². The van der Waals surface area contributed by atoms with Crippen molar-refractivity contribution in [1.82, 2.24) is 0 Å². The van der Waals surface area contributed by atoms with Crippen molar-refractivity contribution in [3.63, 3.8) is 0 Å². The van der Waals surface area contributed by atoms with Crippen molar-refractivity contribution in [3.8, 4) is 0 Å². The summed E-state index contributed by atoms with van der Waals surface area (Å²) in [6.07, 6.45) is 17.6. The lowest BCUT2D eigenvalue weighted by atomic mass is 9.61. The molecule has 0 aromatic heterocycles. The summed E-state index contributed by atoms with van der Waals surface area (Å²) in [6.45, 7) is 15.2. The lowest BCUT2D eigenvalue weighted by Crippen LogP contribution is -2.36. The molecule has 3 aliphatic carbocycles. The van der Waals surface area contributed by atoms with Gasteiger partial charge in [0.05, 0.1) is 11.7 Å². The molecule has 3 fully saturated rings. The summed E-state index contributed by atoms with van der Waals surface area (Å²) in [6, 6.07) is 0. The summed E-state index contributed by atoms with van der Waals surface area (Å²) in [4.78, 5) is 0. The molecular formula is C28H44O2. The number of rotatable bonds is 5. The lowest BCUT2D eigenvalue weighted by Gasteiger charge is -2.44. The molecule has 3 saturated carbocycles.